The normalized spacial score (nSPS) is 11.9. The quantitative estimate of drug-likeness (QED) is 0.504. The zero-order chi connectivity index (χ0) is 20.5. The van der Waals surface area contributed by atoms with Crippen LogP contribution in [0.25, 0.3) is 32.5 Å². The molecular weight excluding hydrogens is 414 g/mol. The van der Waals surface area contributed by atoms with Crippen LogP contribution in [0.15, 0.2) is 41.3 Å². The van der Waals surface area contributed by atoms with Crippen LogP contribution in [0.5, 0.6) is 0 Å². The van der Waals surface area contributed by atoms with E-state index in [-0.39, 0.29) is 23.0 Å². The number of carboxylic acids is 1. The number of aryl methyl sites for hydroxylation is 1. The smallest absolute Gasteiger partial charge is 0.325 e. The van der Waals surface area contributed by atoms with E-state index >= 15 is 0 Å². The SMILES string of the molecule is Cc1sc2nc(C(Cl)=Cc3cn(CC(=O)O)nn3)[nH]c(=O)c2c1-c1ccccc1. The lowest BCUT2D eigenvalue weighted by atomic mass is 10.0. The molecule has 0 atom stereocenters. The molecule has 0 saturated heterocycles. The van der Waals surface area contributed by atoms with Crippen LogP contribution < -0.4 is 5.56 Å². The van der Waals surface area contributed by atoms with Gasteiger partial charge in [0.2, 0.25) is 0 Å². The molecule has 2 N–H and O–H groups in total. The fourth-order valence-electron chi connectivity index (χ4n) is 2.98. The average Bonchev–Trinajstić information content (AvgIpc) is 3.25. The van der Waals surface area contributed by atoms with Crippen LogP contribution in [0.3, 0.4) is 0 Å². The van der Waals surface area contributed by atoms with Crippen molar-refractivity contribution >= 4 is 50.2 Å². The molecule has 0 unspecified atom stereocenters. The molecule has 29 heavy (non-hydrogen) atoms. The van der Waals surface area contributed by atoms with Gasteiger partial charge >= 0.3 is 5.97 Å². The van der Waals surface area contributed by atoms with Crippen molar-refractivity contribution in [3.8, 4) is 11.1 Å². The molecule has 0 bridgehead atoms. The lowest BCUT2D eigenvalue weighted by Gasteiger charge is -2.02. The predicted molar refractivity (Wildman–Crippen MR) is 112 cm³/mol. The Labute approximate surface area is 173 Å². The van der Waals surface area contributed by atoms with Crippen LogP contribution in [0.2, 0.25) is 0 Å². The van der Waals surface area contributed by atoms with Gasteiger partial charge in [0, 0.05) is 10.4 Å². The van der Waals surface area contributed by atoms with Gasteiger partial charge in [0.1, 0.15) is 17.1 Å². The Morgan fingerprint density at radius 1 is 1.34 bits per heavy atom. The van der Waals surface area contributed by atoms with Gasteiger partial charge in [-0.3, -0.25) is 9.59 Å². The van der Waals surface area contributed by atoms with Crippen molar-refractivity contribution in [2.75, 3.05) is 0 Å². The molecule has 0 fully saturated rings. The molecule has 10 heteroatoms. The van der Waals surface area contributed by atoms with E-state index < -0.39 is 5.97 Å². The van der Waals surface area contributed by atoms with Gasteiger partial charge in [0.15, 0.2) is 5.82 Å². The Morgan fingerprint density at radius 2 is 2.10 bits per heavy atom. The number of nitrogens with zero attached hydrogens (tertiary/aromatic N) is 4. The Balaban J connectivity index is 1.75. The number of H-pyrrole nitrogens is 1. The minimum absolute atomic E-state index is 0.165. The Kier molecular flexibility index (Phi) is 4.99. The molecule has 3 heterocycles. The summed E-state index contributed by atoms with van der Waals surface area (Å²) >= 11 is 7.75. The average molecular weight is 428 g/mol. The maximum Gasteiger partial charge on any atom is 0.325 e. The lowest BCUT2D eigenvalue weighted by molar-refractivity contribution is -0.137. The number of aliphatic carboxylic acids is 1. The summed E-state index contributed by atoms with van der Waals surface area (Å²) in [5, 5.41) is 17.0. The Hall–Kier alpha value is -3.30. The van der Waals surface area contributed by atoms with Gasteiger partial charge in [-0.15, -0.1) is 16.4 Å². The largest absolute Gasteiger partial charge is 0.480 e. The van der Waals surface area contributed by atoms with Crippen molar-refractivity contribution in [3.63, 3.8) is 0 Å². The van der Waals surface area contributed by atoms with E-state index in [2.05, 4.69) is 20.3 Å². The van der Waals surface area contributed by atoms with Crippen molar-refractivity contribution in [1.29, 1.82) is 0 Å². The number of thiophene rings is 1. The number of halogens is 1. The number of aromatic amines is 1. The molecule has 0 aliphatic rings. The molecule has 1 aromatic carbocycles. The molecule has 3 aromatic heterocycles. The molecule has 4 aromatic rings. The maximum absolute atomic E-state index is 12.8. The molecule has 0 aliphatic heterocycles. The summed E-state index contributed by atoms with van der Waals surface area (Å²) in [5.41, 5.74) is 1.89. The number of fused-ring (bicyclic) bond motifs is 1. The summed E-state index contributed by atoms with van der Waals surface area (Å²) in [5.74, 6) is -0.826. The minimum atomic E-state index is -1.03. The summed E-state index contributed by atoms with van der Waals surface area (Å²) in [6.07, 6.45) is 2.91. The van der Waals surface area contributed by atoms with E-state index in [4.69, 9.17) is 16.7 Å². The summed E-state index contributed by atoms with van der Waals surface area (Å²) in [4.78, 5) is 32.4. The fourth-order valence-corrected chi connectivity index (χ4v) is 4.23. The van der Waals surface area contributed by atoms with Crippen molar-refractivity contribution in [2.45, 2.75) is 13.5 Å². The highest BCUT2D eigenvalue weighted by atomic mass is 35.5. The topological polar surface area (TPSA) is 114 Å². The first-order valence-electron chi connectivity index (χ1n) is 8.50. The van der Waals surface area contributed by atoms with E-state index in [1.54, 1.807) is 0 Å². The number of benzene rings is 1. The zero-order valence-electron chi connectivity index (χ0n) is 15.1. The van der Waals surface area contributed by atoms with E-state index in [1.807, 2.05) is 37.3 Å². The third-order valence-electron chi connectivity index (χ3n) is 4.15. The van der Waals surface area contributed by atoms with Gasteiger partial charge in [-0.1, -0.05) is 47.1 Å². The van der Waals surface area contributed by atoms with Crippen molar-refractivity contribution < 1.29 is 9.90 Å². The first kappa shape index (κ1) is 19.0. The van der Waals surface area contributed by atoms with Gasteiger partial charge in [0.05, 0.1) is 16.6 Å². The Morgan fingerprint density at radius 3 is 2.83 bits per heavy atom. The monoisotopic (exact) mass is 427 g/mol. The van der Waals surface area contributed by atoms with Gasteiger partial charge in [0.25, 0.3) is 5.56 Å². The highest BCUT2D eigenvalue weighted by molar-refractivity contribution is 7.19. The highest BCUT2D eigenvalue weighted by Gasteiger charge is 2.17. The lowest BCUT2D eigenvalue weighted by Crippen LogP contribution is -2.10. The van der Waals surface area contributed by atoms with Gasteiger partial charge < -0.3 is 10.1 Å². The molecule has 0 aliphatic carbocycles. The van der Waals surface area contributed by atoms with Crippen LogP contribution >= 0.6 is 22.9 Å². The fraction of sp³-hybridized carbons (Fsp3) is 0.105. The Bertz CT molecular complexity index is 1310. The first-order chi connectivity index (χ1) is 13.9. The van der Waals surface area contributed by atoms with Crippen molar-refractivity contribution in [1.82, 2.24) is 25.0 Å². The van der Waals surface area contributed by atoms with Crippen LogP contribution in [-0.2, 0) is 11.3 Å². The number of nitrogens with one attached hydrogen (secondary N) is 1. The van der Waals surface area contributed by atoms with E-state index in [9.17, 15) is 9.59 Å². The summed E-state index contributed by atoms with van der Waals surface area (Å²) in [6, 6.07) is 9.67. The van der Waals surface area contributed by atoms with Crippen molar-refractivity contribution in [3.05, 3.63) is 63.3 Å². The molecule has 146 valence electrons. The molecule has 0 amide bonds. The molecule has 0 spiro atoms. The van der Waals surface area contributed by atoms with Gasteiger partial charge in [-0.05, 0) is 18.6 Å². The minimum Gasteiger partial charge on any atom is -0.480 e. The first-order valence-corrected chi connectivity index (χ1v) is 9.70. The highest BCUT2D eigenvalue weighted by Crippen LogP contribution is 2.35. The number of carbonyl (C=O) groups is 1. The number of carboxylic acid groups (broad SMARTS) is 1. The van der Waals surface area contributed by atoms with Crippen LogP contribution in [0, 0.1) is 6.92 Å². The number of aromatic nitrogens is 5. The van der Waals surface area contributed by atoms with Gasteiger partial charge in [-0.25, -0.2) is 9.67 Å². The molecule has 8 nitrogen and oxygen atoms in total. The van der Waals surface area contributed by atoms with Crippen molar-refractivity contribution in [2.24, 2.45) is 0 Å². The summed E-state index contributed by atoms with van der Waals surface area (Å²) < 4.78 is 1.17. The molecule has 0 saturated carbocycles. The second kappa shape index (κ2) is 7.61. The summed E-state index contributed by atoms with van der Waals surface area (Å²) in [7, 11) is 0. The van der Waals surface area contributed by atoms with Gasteiger partial charge in [-0.2, -0.15) is 0 Å². The standard InChI is InChI=1S/C19H14ClN5O3S/c1-10-15(11-5-3-2-4-6-11)16-18(28)21-17(22-19(16)29-10)13(20)7-12-8-25(24-23-12)9-14(26)27/h2-8H,9H2,1H3,(H,26,27)(H,21,22,28). The van der Waals surface area contributed by atoms with Crippen LogP contribution in [-0.4, -0.2) is 36.0 Å². The second-order valence-corrected chi connectivity index (χ2v) is 7.83. The third-order valence-corrected chi connectivity index (χ3v) is 5.44. The second-order valence-electron chi connectivity index (χ2n) is 6.22. The summed E-state index contributed by atoms with van der Waals surface area (Å²) in [6.45, 7) is 1.64. The van der Waals surface area contributed by atoms with Crippen LogP contribution in [0.1, 0.15) is 16.4 Å². The maximum atomic E-state index is 12.8. The number of hydrogen-bond donors (Lipinski definition) is 2. The van der Waals surface area contributed by atoms with E-state index in [1.165, 1.54) is 28.3 Å². The zero-order valence-corrected chi connectivity index (χ0v) is 16.7. The van der Waals surface area contributed by atoms with E-state index in [0.717, 1.165) is 16.0 Å². The number of hydrogen-bond acceptors (Lipinski definition) is 6. The van der Waals surface area contributed by atoms with Crippen LogP contribution in [0.4, 0.5) is 0 Å². The molecule has 4 rings (SSSR count). The van der Waals surface area contributed by atoms with E-state index in [0.29, 0.717) is 15.9 Å². The number of rotatable bonds is 5. The molecular formula is C19H14ClN5O3S. The third kappa shape index (κ3) is 3.82. The molecule has 0 radical (unpaired) electrons. The predicted octanol–water partition coefficient (Wildman–Crippen LogP) is 3.37.